The van der Waals surface area contributed by atoms with Gasteiger partial charge in [-0.25, -0.2) is 4.79 Å². The minimum absolute atomic E-state index is 0.00676. The van der Waals surface area contributed by atoms with Crippen LogP contribution in [-0.2, 0) is 4.79 Å². The summed E-state index contributed by atoms with van der Waals surface area (Å²) in [4.78, 5) is 35.4. The first-order valence-corrected chi connectivity index (χ1v) is 10.6. The lowest BCUT2D eigenvalue weighted by Crippen LogP contribution is -2.54. The highest BCUT2D eigenvalue weighted by Gasteiger charge is 2.31. The molecule has 2 aliphatic heterocycles. The first kappa shape index (κ1) is 18.2. The van der Waals surface area contributed by atoms with E-state index >= 15 is 0 Å². The molecule has 3 fully saturated rings. The average molecular weight is 397 g/mol. The number of carbonyl (C=O) groups excluding carboxylic acids is 2. The van der Waals surface area contributed by atoms with Gasteiger partial charge in [0.25, 0.3) is 0 Å². The Morgan fingerprint density at radius 2 is 1.66 bits per heavy atom. The number of anilines is 2. The van der Waals surface area contributed by atoms with E-state index in [4.69, 9.17) is 0 Å². The smallest absolute Gasteiger partial charge is 0.320 e. The zero-order chi connectivity index (χ0) is 19.8. The maximum atomic E-state index is 12.7. The lowest BCUT2D eigenvalue weighted by atomic mass is 10.1. The molecule has 2 aromatic rings. The van der Waals surface area contributed by atoms with E-state index in [0.29, 0.717) is 24.7 Å². The molecular formula is C20H27N7O2. The Kier molecular flexibility index (Phi) is 4.73. The van der Waals surface area contributed by atoms with E-state index in [0.717, 1.165) is 57.7 Å². The van der Waals surface area contributed by atoms with Gasteiger partial charge in [0, 0.05) is 45.2 Å². The molecule has 1 saturated carbocycles. The molecule has 9 nitrogen and oxygen atoms in total. The molecule has 4 heterocycles. The van der Waals surface area contributed by atoms with Crippen LogP contribution in [0, 0.1) is 5.92 Å². The van der Waals surface area contributed by atoms with Crippen molar-refractivity contribution in [2.45, 2.75) is 32.1 Å². The molecule has 9 heteroatoms. The summed E-state index contributed by atoms with van der Waals surface area (Å²) in [6.45, 7) is 4.67. The third-order valence-electron chi connectivity index (χ3n) is 6.02. The molecule has 154 valence electrons. The number of piperidine rings is 1. The summed E-state index contributed by atoms with van der Waals surface area (Å²) in [5.41, 5.74) is 0.709. The van der Waals surface area contributed by atoms with Gasteiger partial charge in [-0.15, -0.1) is 5.10 Å². The monoisotopic (exact) mass is 397 g/mol. The summed E-state index contributed by atoms with van der Waals surface area (Å²) in [7, 11) is 0. The fourth-order valence-electron chi connectivity index (χ4n) is 4.15. The van der Waals surface area contributed by atoms with Gasteiger partial charge in [-0.3, -0.25) is 10.1 Å². The Balaban J connectivity index is 1.27. The zero-order valence-corrected chi connectivity index (χ0v) is 16.6. The quantitative estimate of drug-likeness (QED) is 0.854. The number of nitrogens with one attached hydrogen (secondary N) is 1. The topological polar surface area (TPSA) is 86.1 Å². The van der Waals surface area contributed by atoms with Crippen LogP contribution >= 0.6 is 0 Å². The number of likely N-dealkylation sites (tertiary alicyclic amines) is 1. The molecule has 0 unspecified atom stereocenters. The number of urea groups is 1. The molecule has 0 atom stereocenters. The molecule has 0 radical (unpaired) electrons. The van der Waals surface area contributed by atoms with E-state index in [-0.39, 0.29) is 17.9 Å². The number of pyridine rings is 1. The van der Waals surface area contributed by atoms with E-state index in [2.05, 4.69) is 20.3 Å². The minimum Gasteiger partial charge on any atom is -0.353 e. The molecule has 3 amide bonds. The summed E-state index contributed by atoms with van der Waals surface area (Å²) in [6, 6.07) is 6.03. The molecule has 1 aliphatic carbocycles. The van der Waals surface area contributed by atoms with Crippen molar-refractivity contribution in [1.29, 1.82) is 0 Å². The zero-order valence-electron chi connectivity index (χ0n) is 16.6. The van der Waals surface area contributed by atoms with Gasteiger partial charge < -0.3 is 14.7 Å². The Hall–Kier alpha value is -2.84. The number of carbonyl (C=O) groups is 2. The van der Waals surface area contributed by atoms with Crippen molar-refractivity contribution in [2.75, 3.05) is 49.5 Å². The summed E-state index contributed by atoms with van der Waals surface area (Å²) in [5, 5.41) is 7.33. The second kappa shape index (κ2) is 7.53. The van der Waals surface area contributed by atoms with Crippen LogP contribution in [-0.4, -0.2) is 75.6 Å². The Labute approximate surface area is 169 Å². The highest BCUT2D eigenvalue weighted by molar-refractivity contribution is 5.92. The number of nitrogens with zero attached hydrogens (tertiary/aromatic N) is 6. The van der Waals surface area contributed by atoms with Crippen molar-refractivity contribution in [1.82, 2.24) is 24.4 Å². The van der Waals surface area contributed by atoms with Gasteiger partial charge in [0.1, 0.15) is 5.82 Å². The van der Waals surface area contributed by atoms with Gasteiger partial charge in [-0.2, -0.15) is 9.50 Å². The molecule has 0 spiro atoms. The standard InChI is InChI=1S/C20H27N7O2/c28-18(15-7-8-15)22-19-21-16-5-4-6-17(27(16)23-19)24-11-13-26(14-12-24)20(29)25-9-2-1-3-10-25/h4-6,15H,1-3,7-14H2,(H,22,23,28). The lowest BCUT2D eigenvalue weighted by Gasteiger charge is -2.39. The predicted molar refractivity (Wildman–Crippen MR) is 109 cm³/mol. The van der Waals surface area contributed by atoms with E-state index in [1.165, 1.54) is 6.42 Å². The molecule has 1 N–H and O–H groups in total. The van der Waals surface area contributed by atoms with Crippen LogP contribution < -0.4 is 10.2 Å². The highest BCUT2D eigenvalue weighted by Crippen LogP contribution is 2.30. The summed E-state index contributed by atoms with van der Waals surface area (Å²) >= 11 is 0. The second-order valence-corrected chi connectivity index (χ2v) is 8.16. The van der Waals surface area contributed by atoms with E-state index < -0.39 is 0 Å². The maximum absolute atomic E-state index is 12.7. The molecular weight excluding hydrogens is 370 g/mol. The molecule has 0 aromatic carbocycles. The molecule has 2 aromatic heterocycles. The van der Waals surface area contributed by atoms with Crippen LogP contribution in [0.25, 0.3) is 5.65 Å². The van der Waals surface area contributed by atoms with Crippen LogP contribution in [0.5, 0.6) is 0 Å². The first-order chi connectivity index (χ1) is 14.2. The summed E-state index contributed by atoms with van der Waals surface area (Å²) < 4.78 is 1.78. The fourth-order valence-corrected chi connectivity index (χ4v) is 4.15. The van der Waals surface area contributed by atoms with Crippen molar-refractivity contribution in [3.05, 3.63) is 18.2 Å². The second-order valence-electron chi connectivity index (χ2n) is 8.16. The SMILES string of the molecule is O=C(Nc1nc2cccc(N3CCN(C(=O)N4CCCCC4)CC3)n2n1)C1CC1. The summed E-state index contributed by atoms with van der Waals surface area (Å²) in [6.07, 6.45) is 5.34. The van der Waals surface area contributed by atoms with Crippen LogP contribution in [0.15, 0.2) is 18.2 Å². The number of hydrogen-bond donors (Lipinski definition) is 1. The molecule has 2 saturated heterocycles. The van der Waals surface area contributed by atoms with Gasteiger partial charge in [-0.05, 0) is 44.2 Å². The van der Waals surface area contributed by atoms with Gasteiger partial charge >= 0.3 is 6.03 Å². The molecule has 3 aliphatic rings. The van der Waals surface area contributed by atoms with Crippen LogP contribution in [0.1, 0.15) is 32.1 Å². The van der Waals surface area contributed by atoms with Gasteiger partial charge in [0.15, 0.2) is 5.65 Å². The van der Waals surface area contributed by atoms with Crippen LogP contribution in [0.2, 0.25) is 0 Å². The first-order valence-electron chi connectivity index (χ1n) is 10.6. The average Bonchev–Trinajstić information content (AvgIpc) is 3.54. The van der Waals surface area contributed by atoms with Gasteiger partial charge in [0.05, 0.1) is 0 Å². The number of aromatic nitrogens is 3. The number of rotatable bonds is 3. The predicted octanol–water partition coefficient (Wildman–Crippen LogP) is 1.81. The largest absolute Gasteiger partial charge is 0.353 e. The lowest BCUT2D eigenvalue weighted by molar-refractivity contribution is -0.117. The highest BCUT2D eigenvalue weighted by atomic mass is 16.2. The molecule has 29 heavy (non-hydrogen) atoms. The minimum atomic E-state index is 0.00676. The number of piperazine rings is 1. The normalized spacial score (nSPS) is 20.2. The van der Waals surface area contributed by atoms with E-state index in [9.17, 15) is 9.59 Å². The van der Waals surface area contributed by atoms with Crippen molar-refractivity contribution >= 4 is 29.4 Å². The van der Waals surface area contributed by atoms with Crippen molar-refractivity contribution in [2.24, 2.45) is 5.92 Å². The number of hydrogen-bond acceptors (Lipinski definition) is 5. The van der Waals surface area contributed by atoms with Crippen molar-refractivity contribution in [3.63, 3.8) is 0 Å². The number of fused-ring (bicyclic) bond motifs is 1. The third-order valence-corrected chi connectivity index (χ3v) is 6.02. The maximum Gasteiger partial charge on any atom is 0.320 e. The summed E-state index contributed by atoms with van der Waals surface area (Å²) in [5.74, 6) is 1.42. The van der Waals surface area contributed by atoms with Gasteiger partial charge in [0.2, 0.25) is 11.9 Å². The Bertz CT molecular complexity index is 909. The Morgan fingerprint density at radius 3 is 2.38 bits per heavy atom. The fraction of sp³-hybridized carbons (Fsp3) is 0.600. The molecule has 5 rings (SSSR count). The third kappa shape index (κ3) is 3.73. The van der Waals surface area contributed by atoms with E-state index in [1.54, 1.807) is 4.52 Å². The number of amides is 3. The molecule has 0 bridgehead atoms. The van der Waals surface area contributed by atoms with Gasteiger partial charge in [-0.1, -0.05) is 6.07 Å². The van der Waals surface area contributed by atoms with Crippen LogP contribution in [0.4, 0.5) is 16.6 Å². The van der Waals surface area contributed by atoms with Crippen molar-refractivity contribution in [3.8, 4) is 0 Å². The van der Waals surface area contributed by atoms with Crippen LogP contribution in [0.3, 0.4) is 0 Å². The van der Waals surface area contributed by atoms with E-state index in [1.807, 2.05) is 28.0 Å². The Morgan fingerprint density at radius 1 is 0.931 bits per heavy atom. The van der Waals surface area contributed by atoms with Crippen molar-refractivity contribution < 1.29 is 9.59 Å².